The van der Waals surface area contributed by atoms with E-state index >= 15 is 0 Å². The molecule has 7 heteroatoms. The van der Waals surface area contributed by atoms with Gasteiger partial charge in [-0.1, -0.05) is 59.8 Å². The van der Waals surface area contributed by atoms with Crippen LogP contribution >= 0.6 is 0 Å². The van der Waals surface area contributed by atoms with Gasteiger partial charge in [-0.2, -0.15) is 0 Å². The maximum Gasteiger partial charge on any atom is 0.277 e. The highest BCUT2D eigenvalue weighted by Gasteiger charge is 2.11. The van der Waals surface area contributed by atoms with Gasteiger partial charge in [-0.3, -0.25) is 14.4 Å². The van der Waals surface area contributed by atoms with Crippen molar-refractivity contribution < 1.29 is 9.59 Å². The number of carbonyl (C=O) groups excluding carboxylic acids is 2. The first-order chi connectivity index (χ1) is 14.6. The number of ketones is 1. The molecule has 0 aliphatic heterocycles. The lowest BCUT2D eigenvalue weighted by Crippen LogP contribution is -2.26. The molecular weight excluding hydrogens is 380 g/mol. The Hall–Kier alpha value is -4.13. The molecule has 0 spiro atoms. The predicted octanol–water partition coefficient (Wildman–Crippen LogP) is 3.05. The van der Waals surface area contributed by atoms with E-state index < -0.39 is 0 Å². The highest BCUT2D eigenvalue weighted by Crippen LogP contribution is 2.15. The number of hydrogen-bond donors (Lipinski definition) is 1. The Balaban J connectivity index is 1.43. The van der Waals surface area contributed by atoms with Crippen molar-refractivity contribution in [3.05, 3.63) is 100 Å². The zero-order valence-corrected chi connectivity index (χ0v) is 16.0. The highest BCUT2D eigenvalue weighted by atomic mass is 16.2. The van der Waals surface area contributed by atoms with E-state index in [1.165, 1.54) is 4.68 Å². The standard InChI is InChI=1S/C23H18N4O3/c28-21(13-14-27-23(30)19-11-4-5-12-20(19)25-26-27)24-18-10-6-9-17(15-18)22(29)16-7-2-1-3-8-16/h1-12,15H,13-14H2,(H,24,28). The topological polar surface area (TPSA) is 93.9 Å². The average Bonchev–Trinajstić information content (AvgIpc) is 2.79. The quantitative estimate of drug-likeness (QED) is 0.504. The summed E-state index contributed by atoms with van der Waals surface area (Å²) in [6.45, 7) is 0.102. The van der Waals surface area contributed by atoms with Crippen molar-refractivity contribution in [2.45, 2.75) is 13.0 Å². The van der Waals surface area contributed by atoms with Crippen LogP contribution in [0.5, 0.6) is 0 Å². The molecule has 0 atom stereocenters. The number of carbonyl (C=O) groups is 2. The first-order valence-electron chi connectivity index (χ1n) is 9.44. The smallest absolute Gasteiger partial charge is 0.277 e. The molecule has 0 unspecified atom stereocenters. The largest absolute Gasteiger partial charge is 0.326 e. The van der Waals surface area contributed by atoms with E-state index in [0.29, 0.717) is 27.7 Å². The van der Waals surface area contributed by atoms with E-state index in [-0.39, 0.29) is 30.2 Å². The number of aromatic nitrogens is 3. The third-order valence-corrected chi connectivity index (χ3v) is 4.62. The normalized spacial score (nSPS) is 10.7. The van der Waals surface area contributed by atoms with E-state index in [2.05, 4.69) is 15.6 Å². The van der Waals surface area contributed by atoms with Gasteiger partial charge in [0.2, 0.25) is 5.91 Å². The first kappa shape index (κ1) is 19.2. The fraction of sp³-hybridized carbons (Fsp3) is 0.0870. The minimum absolute atomic E-state index is 0.0454. The van der Waals surface area contributed by atoms with E-state index in [1.807, 2.05) is 6.07 Å². The molecule has 4 aromatic rings. The van der Waals surface area contributed by atoms with Crippen LogP contribution in [0.25, 0.3) is 10.9 Å². The lowest BCUT2D eigenvalue weighted by Gasteiger charge is -2.08. The molecule has 3 aromatic carbocycles. The minimum Gasteiger partial charge on any atom is -0.326 e. The lowest BCUT2D eigenvalue weighted by atomic mass is 10.0. The predicted molar refractivity (Wildman–Crippen MR) is 113 cm³/mol. The third-order valence-electron chi connectivity index (χ3n) is 4.62. The van der Waals surface area contributed by atoms with Crippen LogP contribution in [0.4, 0.5) is 5.69 Å². The first-order valence-corrected chi connectivity index (χ1v) is 9.44. The molecule has 1 amide bonds. The van der Waals surface area contributed by atoms with Crippen molar-refractivity contribution in [3.63, 3.8) is 0 Å². The van der Waals surface area contributed by atoms with Crippen LogP contribution in [0.15, 0.2) is 83.7 Å². The number of rotatable bonds is 6. The second-order valence-electron chi connectivity index (χ2n) is 6.71. The maximum atomic E-state index is 12.6. The van der Waals surface area contributed by atoms with Crippen molar-refractivity contribution in [2.24, 2.45) is 0 Å². The third kappa shape index (κ3) is 4.15. The summed E-state index contributed by atoms with van der Waals surface area (Å²) in [6, 6.07) is 22.6. The second-order valence-corrected chi connectivity index (χ2v) is 6.71. The Labute approximate surface area is 172 Å². The summed E-state index contributed by atoms with van der Waals surface area (Å²) in [7, 11) is 0. The van der Waals surface area contributed by atoms with E-state index in [1.54, 1.807) is 72.8 Å². The number of amides is 1. The molecule has 0 fully saturated rings. The zero-order chi connectivity index (χ0) is 20.9. The molecule has 0 aliphatic carbocycles. The molecule has 0 radical (unpaired) electrons. The van der Waals surface area contributed by atoms with Gasteiger partial charge in [0.15, 0.2) is 5.78 Å². The summed E-state index contributed by atoms with van der Waals surface area (Å²) in [5, 5.41) is 11.1. The van der Waals surface area contributed by atoms with Crippen molar-refractivity contribution in [1.82, 2.24) is 15.0 Å². The Kier molecular flexibility index (Phi) is 5.43. The van der Waals surface area contributed by atoms with Gasteiger partial charge in [0.25, 0.3) is 5.56 Å². The fourth-order valence-corrected chi connectivity index (χ4v) is 3.10. The van der Waals surface area contributed by atoms with Crippen LogP contribution in [0.1, 0.15) is 22.3 Å². The molecule has 7 nitrogen and oxygen atoms in total. The van der Waals surface area contributed by atoms with Gasteiger partial charge in [-0.05, 0) is 24.3 Å². The van der Waals surface area contributed by atoms with Gasteiger partial charge in [0.05, 0.1) is 11.9 Å². The molecule has 0 bridgehead atoms. The van der Waals surface area contributed by atoms with Gasteiger partial charge >= 0.3 is 0 Å². The molecule has 0 saturated heterocycles. The van der Waals surface area contributed by atoms with Gasteiger partial charge in [-0.25, -0.2) is 4.68 Å². The van der Waals surface area contributed by atoms with Crippen molar-refractivity contribution in [3.8, 4) is 0 Å². The van der Waals surface area contributed by atoms with Gasteiger partial charge in [0, 0.05) is 23.2 Å². The fourth-order valence-electron chi connectivity index (χ4n) is 3.10. The summed E-state index contributed by atoms with van der Waals surface area (Å²) in [4.78, 5) is 37.4. The number of fused-ring (bicyclic) bond motifs is 1. The Bertz CT molecular complexity index is 1280. The van der Waals surface area contributed by atoms with Crippen LogP contribution in [-0.2, 0) is 11.3 Å². The average molecular weight is 398 g/mol. The van der Waals surface area contributed by atoms with E-state index in [9.17, 15) is 14.4 Å². The van der Waals surface area contributed by atoms with Gasteiger partial charge in [-0.15, -0.1) is 5.10 Å². The Morgan fingerprint density at radius 3 is 2.43 bits per heavy atom. The Morgan fingerprint density at radius 2 is 1.60 bits per heavy atom. The Morgan fingerprint density at radius 1 is 0.867 bits per heavy atom. The summed E-state index contributed by atoms with van der Waals surface area (Å²) >= 11 is 0. The van der Waals surface area contributed by atoms with E-state index in [0.717, 1.165) is 0 Å². The van der Waals surface area contributed by atoms with E-state index in [4.69, 9.17) is 0 Å². The van der Waals surface area contributed by atoms with Crippen molar-refractivity contribution in [1.29, 1.82) is 0 Å². The van der Waals surface area contributed by atoms with Gasteiger partial charge in [0.1, 0.15) is 5.52 Å². The van der Waals surface area contributed by atoms with Crippen LogP contribution in [-0.4, -0.2) is 26.7 Å². The number of nitrogens with zero attached hydrogens (tertiary/aromatic N) is 3. The van der Waals surface area contributed by atoms with Crippen LogP contribution in [0, 0.1) is 0 Å². The molecule has 0 aliphatic rings. The molecule has 1 N–H and O–H groups in total. The summed E-state index contributed by atoms with van der Waals surface area (Å²) in [5.74, 6) is -0.411. The summed E-state index contributed by atoms with van der Waals surface area (Å²) < 4.78 is 1.18. The number of benzene rings is 3. The highest BCUT2D eigenvalue weighted by molar-refractivity contribution is 6.09. The van der Waals surface area contributed by atoms with Gasteiger partial charge < -0.3 is 5.32 Å². The number of hydrogen-bond acceptors (Lipinski definition) is 5. The molecule has 1 heterocycles. The van der Waals surface area contributed by atoms with Crippen LogP contribution < -0.4 is 10.9 Å². The van der Waals surface area contributed by atoms with Crippen molar-refractivity contribution in [2.75, 3.05) is 5.32 Å². The minimum atomic E-state index is -0.291. The monoisotopic (exact) mass is 398 g/mol. The molecule has 30 heavy (non-hydrogen) atoms. The molecular formula is C23H18N4O3. The lowest BCUT2D eigenvalue weighted by molar-refractivity contribution is -0.116. The summed E-state index contributed by atoms with van der Waals surface area (Å²) in [5.41, 5.74) is 1.80. The maximum absolute atomic E-state index is 12.6. The summed E-state index contributed by atoms with van der Waals surface area (Å²) in [6.07, 6.45) is 0.0454. The van der Waals surface area contributed by atoms with Crippen LogP contribution in [0.3, 0.4) is 0 Å². The molecule has 1 aromatic heterocycles. The number of aryl methyl sites for hydroxylation is 1. The SMILES string of the molecule is O=C(CCn1nnc2ccccc2c1=O)Nc1cccc(C(=O)c2ccccc2)c1. The second kappa shape index (κ2) is 8.48. The van der Waals surface area contributed by atoms with Crippen molar-refractivity contribution >= 4 is 28.3 Å². The molecule has 148 valence electrons. The molecule has 0 saturated carbocycles. The number of nitrogens with one attached hydrogen (secondary N) is 1. The molecule has 4 rings (SSSR count). The zero-order valence-electron chi connectivity index (χ0n) is 16.0. The van der Waals surface area contributed by atoms with Crippen LogP contribution in [0.2, 0.25) is 0 Å². The number of anilines is 1.